The van der Waals surface area contributed by atoms with E-state index in [1.807, 2.05) is 7.05 Å². The number of nitrogens with one attached hydrogen (secondary N) is 1. The lowest BCUT2D eigenvalue weighted by Crippen LogP contribution is -2.29. The first-order valence-corrected chi connectivity index (χ1v) is 7.99. The van der Waals surface area contributed by atoms with E-state index in [2.05, 4.69) is 53.3 Å². The van der Waals surface area contributed by atoms with Gasteiger partial charge in [-0.1, -0.05) is 29.8 Å². The fraction of sp³-hybridized carbons (Fsp3) is 0.625. The maximum Gasteiger partial charge on any atom is 0.124 e. The fourth-order valence-corrected chi connectivity index (χ4v) is 3.18. The zero-order valence-electron chi connectivity index (χ0n) is 12.1. The van der Waals surface area contributed by atoms with Gasteiger partial charge in [-0.3, -0.25) is 0 Å². The van der Waals surface area contributed by atoms with E-state index in [0.29, 0.717) is 6.10 Å². The Balaban J connectivity index is 2.06. The van der Waals surface area contributed by atoms with Gasteiger partial charge in [-0.05, 0) is 56.3 Å². The van der Waals surface area contributed by atoms with Gasteiger partial charge in [0, 0.05) is 16.6 Å². The zero-order chi connectivity index (χ0) is 13.8. The SMILES string of the molecule is CNCc1cc(Br)ccc1OC1CCC(C)C(C)C1. The number of hydrogen-bond acceptors (Lipinski definition) is 2. The maximum atomic E-state index is 6.25. The minimum absolute atomic E-state index is 0.378. The predicted octanol–water partition coefficient (Wildman–Crippen LogP) is 4.37. The lowest BCUT2D eigenvalue weighted by Gasteiger charge is -2.32. The van der Waals surface area contributed by atoms with Crippen molar-refractivity contribution >= 4 is 15.9 Å². The average molecular weight is 326 g/mol. The summed E-state index contributed by atoms with van der Waals surface area (Å²) in [6, 6.07) is 6.28. The molecule has 1 saturated carbocycles. The molecule has 0 saturated heterocycles. The van der Waals surface area contributed by atoms with Gasteiger partial charge in [0.25, 0.3) is 0 Å². The summed E-state index contributed by atoms with van der Waals surface area (Å²) in [6.07, 6.45) is 4.02. The van der Waals surface area contributed by atoms with E-state index in [1.54, 1.807) is 0 Å². The van der Waals surface area contributed by atoms with Crippen LogP contribution in [0.1, 0.15) is 38.7 Å². The lowest BCUT2D eigenvalue weighted by molar-refractivity contribution is 0.0996. The monoisotopic (exact) mass is 325 g/mol. The summed E-state index contributed by atoms with van der Waals surface area (Å²) in [5.74, 6) is 2.63. The van der Waals surface area contributed by atoms with Crippen molar-refractivity contribution in [3.63, 3.8) is 0 Å². The van der Waals surface area contributed by atoms with Gasteiger partial charge in [0.15, 0.2) is 0 Å². The normalized spacial score (nSPS) is 27.3. The van der Waals surface area contributed by atoms with Crippen LogP contribution in [0.15, 0.2) is 22.7 Å². The Hall–Kier alpha value is -0.540. The molecule has 2 nitrogen and oxygen atoms in total. The molecule has 0 amide bonds. The Morgan fingerprint density at radius 3 is 2.74 bits per heavy atom. The van der Waals surface area contributed by atoms with E-state index >= 15 is 0 Å². The number of halogens is 1. The quantitative estimate of drug-likeness (QED) is 0.887. The van der Waals surface area contributed by atoms with E-state index in [1.165, 1.54) is 24.8 Å². The van der Waals surface area contributed by atoms with Gasteiger partial charge in [-0.15, -0.1) is 0 Å². The molecule has 1 fully saturated rings. The van der Waals surface area contributed by atoms with Crippen molar-refractivity contribution in [2.75, 3.05) is 7.05 Å². The first-order chi connectivity index (χ1) is 9.10. The molecule has 0 radical (unpaired) electrons. The number of hydrogen-bond donors (Lipinski definition) is 1. The van der Waals surface area contributed by atoms with Crippen molar-refractivity contribution in [1.82, 2.24) is 5.32 Å². The summed E-state index contributed by atoms with van der Waals surface area (Å²) in [4.78, 5) is 0. The Kier molecular flexibility index (Phi) is 5.28. The smallest absolute Gasteiger partial charge is 0.124 e. The maximum absolute atomic E-state index is 6.25. The van der Waals surface area contributed by atoms with E-state index in [0.717, 1.165) is 28.6 Å². The molecule has 19 heavy (non-hydrogen) atoms. The Morgan fingerprint density at radius 2 is 2.05 bits per heavy atom. The van der Waals surface area contributed by atoms with Crippen LogP contribution < -0.4 is 10.1 Å². The third kappa shape index (κ3) is 3.96. The van der Waals surface area contributed by atoms with E-state index in [4.69, 9.17) is 4.74 Å². The Bertz CT molecular complexity index is 421. The molecule has 0 spiro atoms. The van der Waals surface area contributed by atoms with Crippen molar-refractivity contribution in [2.45, 2.75) is 45.8 Å². The largest absolute Gasteiger partial charge is 0.490 e. The molecule has 0 aliphatic heterocycles. The summed E-state index contributed by atoms with van der Waals surface area (Å²) >= 11 is 3.53. The molecule has 1 aliphatic carbocycles. The highest BCUT2D eigenvalue weighted by Crippen LogP contribution is 2.33. The standard InChI is InChI=1S/C16H24BrNO/c1-11-4-6-15(8-12(11)2)19-16-7-5-14(17)9-13(16)10-18-3/h5,7,9,11-12,15,18H,4,6,8,10H2,1-3H3. The molecule has 3 atom stereocenters. The van der Waals surface area contributed by atoms with Crippen LogP contribution in [0, 0.1) is 11.8 Å². The van der Waals surface area contributed by atoms with Gasteiger partial charge < -0.3 is 10.1 Å². The molecule has 1 N–H and O–H groups in total. The highest BCUT2D eigenvalue weighted by molar-refractivity contribution is 9.10. The number of ether oxygens (including phenoxy) is 1. The fourth-order valence-electron chi connectivity index (χ4n) is 2.78. The van der Waals surface area contributed by atoms with Crippen LogP contribution in [0.5, 0.6) is 5.75 Å². The predicted molar refractivity (Wildman–Crippen MR) is 83.5 cm³/mol. The molecule has 1 aliphatic rings. The van der Waals surface area contributed by atoms with Crippen LogP contribution in [0.3, 0.4) is 0 Å². The topological polar surface area (TPSA) is 21.3 Å². The van der Waals surface area contributed by atoms with E-state index < -0.39 is 0 Å². The average Bonchev–Trinajstić information content (AvgIpc) is 2.37. The third-order valence-corrected chi connectivity index (χ3v) is 4.73. The second-order valence-corrected chi connectivity index (χ2v) is 6.71. The van der Waals surface area contributed by atoms with Gasteiger partial charge in [-0.25, -0.2) is 0 Å². The molecule has 0 heterocycles. The summed E-state index contributed by atoms with van der Waals surface area (Å²) in [7, 11) is 1.97. The zero-order valence-corrected chi connectivity index (χ0v) is 13.7. The second-order valence-electron chi connectivity index (χ2n) is 5.79. The molecule has 3 unspecified atom stereocenters. The molecular weight excluding hydrogens is 302 g/mol. The van der Waals surface area contributed by atoms with Crippen LogP contribution in [-0.2, 0) is 6.54 Å². The molecule has 106 valence electrons. The van der Waals surface area contributed by atoms with Gasteiger partial charge in [-0.2, -0.15) is 0 Å². The van der Waals surface area contributed by atoms with Crippen molar-refractivity contribution in [3.05, 3.63) is 28.2 Å². The van der Waals surface area contributed by atoms with Gasteiger partial charge in [0.2, 0.25) is 0 Å². The van der Waals surface area contributed by atoms with Crippen LogP contribution in [0.4, 0.5) is 0 Å². The molecular formula is C16H24BrNO. The van der Waals surface area contributed by atoms with Crippen LogP contribution in [-0.4, -0.2) is 13.2 Å². The Labute approximate surface area is 125 Å². The summed E-state index contributed by atoms with van der Waals surface area (Å²) in [5.41, 5.74) is 1.23. The minimum Gasteiger partial charge on any atom is -0.490 e. The number of rotatable bonds is 4. The van der Waals surface area contributed by atoms with Crippen molar-refractivity contribution < 1.29 is 4.74 Å². The molecule has 0 bridgehead atoms. The summed E-state index contributed by atoms with van der Waals surface area (Å²) in [6.45, 7) is 5.54. The van der Waals surface area contributed by atoms with E-state index in [-0.39, 0.29) is 0 Å². The highest BCUT2D eigenvalue weighted by atomic mass is 79.9. The summed E-state index contributed by atoms with van der Waals surface area (Å²) in [5, 5.41) is 3.20. The van der Waals surface area contributed by atoms with Crippen LogP contribution >= 0.6 is 15.9 Å². The third-order valence-electron chi connectivity index (χ3n) is 4.23. The molecule has 3 heteroatoms. The van der Waals surface area contributed by atoms with E-state index in [9.17, 15) is 0 Å². The first-order valence-electron chi connectivity index (χ1n) is 7.19. The van der Waals surface area contributed by atoms with Crippen LogP contribution in [0.25, 0.3) is 0 Å². The molecule has 0 aromatic heterocycles. The second kappa shape index (κ2) is 6.76. The Morgan fingerprint density at radius 1 is 1.26 bits per heavy atom. The highest BCUT2D eigenvalue weighted by Gasteiger charge is 2.26. The van der Waals surface area contributed by atoms with Crippen LogP contribution in [0.2, 0.25) is 0 Å². The van der Waals surface area contributed by atoms with Gasteiger partial charge >= 0.3 is 0 Å². The first kappa shape index (κ1) is 14.9. The van der Waals surface area contributed by atoms with Crippen molar-refractivity contribution in [1.29, 1.82) is 0 Å². The molecule has 2 rings (SSSR count). The van der Waals surface area contributed by atoms with Gasteiger partial charge in [0.05, 0.1) is 6.10 Å². The van der Waals surface area contributed by atoms with Crippen molar-refractivity contribution in [3.8, 4) is 5.75 Å². The number of benzene rings is 1. The van der Waals surface area contributed by atoms with Gasteiger partial charge in [0.1, 0.15) is 5.75 Å². The lowest BCUT2D eigenvalue weighted by atomic mass is 9.80. The van der Waals surface area contributed by atoms with Crippen molar-refractivity contribution in [2.24, 2.45) is 11.8 Å². The summed E-state index contributed by atoms with van der Waals surface area (Å²) < 4.78 is 7.36. The minimum atomic E-state index is 0.378. The molecule has 1 aromatic carbocycles. The molecule has 1 aromatic rings.